The normalized spacial score (nSPS) is 20.6. The molecule has 0 aliphatic heterocycles. The van der Waals surface area contributed by atoms with Crippen molar-refractivity contribution in [2.75, 3.05) is 6.54 Å². The van der Waals surface area contributed by atoms with E-state index >= 15 is 0 Å². The number of nitriles is 1. The molecule has 0 aromatic carbocycles. The lowest BCUT2D eigenvalue weighted by molar-refractivity contribution is -0.680. The zero-order valence-electron chi connectivity index (χ0n) is 13.2. The summed E-state index contributed by atoms with van der Waals surface area (Å²) in [6.07, 6.45) is 9.02. The van der Waals surface area contributed by atoms with Gasteiger partial charge in [0.25, 0.3) is 5.91 Å². The van der Waals surface area contributed by atoms with E-state index in [4.69, 9.17) is 0 Å². The highest BCUT2D eigenvalue weighted by Gasteiger charge is 2.30. The standard InChI is InChI=1S/C16H29N3O/c1-13(2)16(3,12-17)19-15(20)11-18-14-9-7-5-4-6-8-10-14/h13-14,18H,4-11H2,1-3H3,(H,19,20)/p+1/t16-/m0/s1. The van der Waals surface area contributed by atoms with Gasteiger partial charge in [-0.25, -0.2) is 0 Å². The molecule has 4 heteroatoms. The van der Waals surface area contributed by atoms with Crippen molar-refractivity contribution in [3.63, 3.8) is 0 Å². The summed E-state index contributed by atoms with van der Waals surface area (Å²) >= 11 is 0. The Labute approximate surface area is 123 Å². The molecule has 0 aromatic rings. The minimum atomic E-state index is -0.758. The van der Waals surface area contributed by atoms with Crippen LogP contribution in [0.3, 0.4) is 0 Å². The van der Waals surface area contributed by atoms with Crippen molar-refractivity contribution in [2.24, 2.45) is 5.92 Å². The van der Waals surface area contributed by atoms with E-state index in [9.17, 15) is 10.1 Å². The van der Waals surface area contributed by atoms with E-state index in [0.717, 1.165) is 0 Å². The van der Waals surface area contributed by atoms with Crippen LogP contribution in [0.5, 0.6) is 0 Å². The van der Waals surface area contributed by atoms with Crippen LogP contribution < -0.4 is 10.6 Å². The number of nitrogens with one attached hydrogen (secondary N) is 1. The summed E-state index contributed by atoms with van der Waals surface area (Å²) in [5.74, 6) is 0.0858. The van der Waals surface area contributed by atoms with E-state index in [1.165, 1.54) is 44.9 Å². The third-order valence-electron chi connectivity index (χ3n) is 4.57. The van der Waals surface area contributed by atoms with Crippen LogP contribution in [0.1, 0.15) is 65.7 Å². The Morgan fingerprint density at radius 3 is 2.35 bits per heavy atom. The van der Waals surface area contributed by atoms with Gasteiger partial charge in [-0.05, 0) is 38.5 Å². The zero-order chi connectivity index (χ0) is 15.0. The molecule has 114 valence electrons. The summed E-state index contributed by atoms with van der Waals surface area (Å²) < 4.78 is 0. The van der Waals surface area contributed by atoms with Gasteiger partial charge >= 0.3 is 0 Å². The number of carbonyl (C=O) groups is 1. The Morgan fingerprint density at radius 2 is 1.85 bits per heavy atom. The number of nitrogens with two attached hydrogens (primary N) is 1. The fraction of sp³-hybridized carbons (Fsp3) is 0.875. The maximum Gasteiger partial charge on any atom is 0.276 e. The first-order chi connectivity index (χ1) is 9.48. The lowest BCUT2D eigenvalue weighted by Crippen LogP contribution is -2.92. The number of rotatable bonds is 5. The molecule has 1 aliphatic carbocycles. The van der Waals surface area contributed by atoms with Crippen LogP contribution in [0, 0.1) is 17.2 Å². The van der Waals surface area contributed by atoms with Crippen molar-refractivity contribution >= 4 is 5.91 Å². The SMILES string of the molecule is CC(C)[C@](C)(C#N)NC(=O)C[NH2+]C1CCCCCCC1. The van der Waals surface area contributed by atoms with Crippen LogP contribution in [-0.4, -0.2) is 24.0 Å². The number of amides is 1. The highest BCUT2D eigenvalue weighted by atomic mass is 16.2. The number of quaternary nitrogens is 1. The molecule has 0 unspecified atom stereocenters. The Balaban J connectivity index is 2.36. The van der Waals surface area contributed by atoms with E-state index in [1.54, 1.807) is 6.92 Å². The maximum atomic E-state index is 12.0. The Bertz CT molecular complexity index is 340. The molecular weight excluding hydrogens is 250 g/mol. The molecule has 0 bridgehead atoms. The molecule has 3 N–H and O–H groups in total. The Hall–Kier alpha value is -1.08. The average molecular weight is 280 g/mol. The quantitative estimate of drug-likeness (QED) is 0.805. The first-order valence-corrected chi connectivity index (χ1v) is 8.03. The van der Waals surface area contributed by atoms with Crippen LogP contribution in [0.4, 0.5) is 0 Å². The third-order valence-corrected chi connectivity index (χ3v) is 4.57. The summed E-state index contributed by atoms with van der Waals surface area (Å²) in [5, 5.41) is 14.3. The van der Waals surface area contributed by atoms with Gasteiger partial charge in [-0.15, -0.1) is 0 Å². The molecule has 1 amide bonds. The van der Waals surface area contributed by atoms with Gasteiger partial charge in [-0.3, -0.25) is 4.79 Å². The summed E-state index contributed by atoms with van der Waals surface area (Å²) in [4.78, 5) is 12.0. The van der Waals surface area contributed by atoms with Crippen LogP contribution >= 0.6 is 0 Å². The molecule has 0 radical (unpaired) electrons. The third kappa shape index (κ3) is 5.50. The van der Waals surface area contributed by atoms with Gasteiger partial charge in [0.1, 0.15) is 5.54 Å². The maximum absolute atomic E-state index is 12.0. The van der Waals surface area contributed by atoms with E-state index in [0.29, 0.717) is 12.6 Å². The average Bonchev–Trinajstić information content (AvgIpc) is 2.37. The van der Waals surface area contributed by atoms with Gasteiger partial charge in [-0.2, -0.15) is 5.26 Å². The predicted molar refractivity (Wildman–Crippen MR) is 79.9 cm³/mol. The second-order valence-corrected chi connectivity index (χ2v) is 6.56. The van der Waals surface area contributed by atoms with Crippen molar-refractivity contribution < 1.29 is 10.1 Å². The number of hydrogen-bond donors (Lipinski definition) is 2. The van der Waals surface area contributed by atoms with Crippen molar-refractivity contribution in [1.82, 2.24) is 5.32 Å². The number of carbonyl (C=O) groups excluding carboxylic acids is 1. The lowest BCUT2D eigenvalue weighted by Gasteiger charge is -2.27. The monoisotopic (exact) mass is 280 g/mol. The fourth-order valence-corrected chi connectivity index (χ4v) is 2.64. The van der Waals surface area contributed by atoms with Crippen LogP contribution in [0.25, 0.3) is 0 Å². The van der Waals surface area contributed by atoms with E-state index < -0.39 is 5.54 Å². The van der Waals surface area contributed by atoms with E-state index in [2.05, 4.69) is 16.7 Å². The molecule has 20 heavy (non-hydrogen) atoms. The lowest BCUT2D eigenvalue weighted by atomic mass is 9.90. The second-order valence-electron chi connectivity index (χ2n) is 6.56. The zero-order valence-corrected chi connectivity index (χ0v) is 13.2. The van der Waals surface area contributed by atoms with Gasteiger partial charge in [0.2, 0.25) is 0 Å². The van der Waals surface area contributed by atoms with Crippen LogP contribution in [0.2, 0.25) is 0 Å². The van der Waals surface area contributed by atoms with Crippen molar-refractivity contribution in [2.45, 2.75) is 77.3 Å². The van der Waals surface area contributed by atoms with Gasteiger partial charge < -0.3 is 10.6 Å². The van der Waals surface area contributed by atoms with Gasteiger partial charge in [0.15, 0.2) is 6.54 Å². The highest BCUT2D eigenvalue weighted by molar-refractivity contribution is 5.78. The number of nitrogens with zero attached hydrogens (tertiary/aromatic N) is 1. The van der Waals surface area contributed by atoms with Crippen LogP contribution in [-0.2, 0) is 4.79 Å². The molecule has 0 aromatic heterocycles. The molecule has 0 spiro atoms. The molecular formula is C16H30N3O+. The molecule has 4 nitrogen and oxygen atoms in total. The van der Waals surface area contributed by atoms with Gasteiger partial charge in [0, 0.05) is 0 Å². The summed E-state index contributed by atoms with van der Waals surface area (Å²) in [7, 11) is 0. The predicted octanol–water partition coefficient (Wildman–Crippen LogP) is 1.72. The largest absolute Gasteiger partial charge is 0.336 e. The minimum Gasteiger partial charge on any atom is -0.336 e. The van der Waals surface area contributed by atoms with Crippen molar-refractivity contribution in [3.8, 4) is 6.07 Å². The molecule has 1 rings (SSSR count). The van der Waals surface area contributed by atoms with Gasteiger partial charge in [0.05, 0.1) is 12.1 Å². The minimum absolute atomic E-state index is 0.0233. The van der Waals surface area contributed by atoms with E-state index in [1.807, 2.05) is 13.8 Å². The molecule has 0 saturated heterocycles. The van der Waals surface area contributed by atoms with Gasteiger partial charge in [-0.1, -0.05) is 33.1 Å². The first-order valence-electron chi connectivity index (χ1n) is 8.03. The summed E-state index contributed by atoms with van der Waals surface area (Å²) in [6.45, 7) is 6.16. The summed E-state index contributed by atoms with van der Waals surface area (Å²) in [5.41, 5.74) is -0.758. The molecule has 0 heterocycles. The van der Waals surface area contributed by atoms with E-state index in [-0.39, 0.29) is 11.8 Å². The Kier molecular flexibility index (Phi) is 7.01. The van der Waals surface area contributed by atoms with Crippen molar-refractivity contribution in [3.05, 3.63) is 0 Å². The topological polar surface area (TPSA) is 69.5 Å². The second kappa shape index (κ2) is 8.26. The van der Waals surface area contributed by atoms with Crippen LogP contribution in [0.15, 0.2) is 0 Å². The summed E-state index contributed by atoms with van der Waals surface area (Å²) in [6, 6.07) is 2.80. The molecule has 1 atom stereocenters. The first kappa shape index (κ1) is 17.0. The number of hydrogen-bond acceptors (Lipinski definition) is 2. The van der Waals surface area contributed by atoms with Crippen molar-refractivity contribution in [1.29, 1.82) is 5.26 Å². The highest BCUT2D eigenvalue weighted by Crippen LogP contribution is 2.15. The Morgan fingerprint density at radius 1 is 1.30 bits per heavy atom. The fourth-order valence-electron chi connectivity index (χ4n) is 2.64. The molecule has 1 fully saturated rings. The molecule has 1 saturated carbocycles. The smallest absolute Gasteiger partial charge is 0.276 e. The molecule has 1 aliphatic rings.